The third-order valence-electron chi connectivity index (χ3n) is 3.76. The van der Waals surface area contributed by atoms with E-state index in [1.807, 2.05) is 18.2 Å². The van der Waals surface area contributed by atoms with Crippen LogP contribution in [0, 0.1) is 5.82 Å². The van der Waals surface area contributed by atoms with Gasteiger partial charge in [-0.15, -0.1) is 0 Å². The van der Waals surface area contributed by atoms with Crippen LogP contribution >= 0.6 is 0 Å². The van der Waals surface area contributed by atoms with Crippen LogP contribution in [0.1, 0.15) is 12.1 Å². The predicted molar refractivity (Wildman–Crippen MR) is 87.2 cm³/mol. The van der Waals surface area contributed by atoms with Gasteiger partial charge in [0.1, 0.15) is 0 Å². The van der Waals surface area contributed by atoms with Crippen molar-refractivity contribution in [2.24, 2.45) is 0 Å². The first-order valence-corrected chi connectivity index (χ1v) is 7.82. The van der Waals surface area contributed by atoms with E-state index < -0.39 is 5.82 Å². The lowest BCUT2D eigenvalue weighted by molar-refractivity contribution is -0.0488. The molecule has 2 N–H and O–H groups in total. The maximum atomic E-state index is 13.5. The third kappa shape index (κ3) is 4.15. The minimum Gasteiger partial charge on any atom is -0.379 e. The fourth-order valence-electron chi connectivity index (χ4n) is 2.51. The Balaban J connectivity index is 1.64. The van der Waals surface area contributed by atoms with Gasteiger partial charge in [-0.1, -0.05) is 6.07 Å². The zero-order chi connectivity index (χ0) is 16.8. The van der Waals surface area contributed by atoms with Crippen molar-refractivity contribution in [1.82, 2.24) is 15.0 Å². The molecule has 7 nitrogen and oxygen atoms in total. The second kappa shape index (κ2) is 7.98. The summed E-state index contributed by atoms with van der Waals surface area (Å²) in [4.78, 5) is 12.3. The van der Waals surface area contributed by atoms with Crippen molar-refractivity contribution < 1.29 is 13.9 Å². The molecule has 2 atom stereocenters. The molecule has 128 valence electrons. The molecule has 0 radical (unpaired) electrons. The number of rotatable bonds is 6. The van der Waals surface area contributed by atoms with Gasteiger partial charge in [0.05, 0.1) is 37.3 Å². The van der Waals surface area contributed by atoms with Crippen LogP contribution in [0.25, 0.3) is 0 Å². The van der Waals surface area contributed by atoms with Crippen LogP contribution in [0.3, 0.4) is 0 Å². The van der Waals surface area contributed by atoms with Crippen molar-refractivity contribution in [2.75, 3.05) is 30.9 Å². The summed E-state index contributed by atoms with van der Waals surface area (Å²) in [6.07, 6.45) is 3.57. The highest BCUT2D eigenvalue weighted by atomic mass is 19.1. The van der Waals surface area contributed by atoms with Gasteiger partial charge in [0.2, 0.25) is 5.95 Å². The van der Waals surface area contributed by atoms with Crippen LogP contribution in [0.5, 0.6) is 0 Å². The molecule has 0 saturated carbocycles. The Labute approximate surface area is 139 Å². The fourth-order valence-corrected chi connectivity index (χ4v) is 2.51. The highest BCUT2D eigenvalue weighted by Crippen LogP contribution is 2.18. The number of aromatic nitrogens is 3. The van der Waals surface area contributed by atoms with Crippen LogP contribution in [0.4, 0.5) is 16.2 Å². The van der Waals surface area contributed by atoms with Gasteiger partial charge < -0.3 is 20.1 Å². The van der Waals surface area contributed by atoms with Crippen LogP contribution < -0.4 is 10.6 Å². The maximum absolute atomic E-state index is 13.5. The lowest BCUT2D eigenvalue weighted by Crippen LogP contribution is -2.44. The Morgan fingerprint density at radius 2 is 2.29 bits per heavy atom. The smallest absolute Gasteiger partial charge is 0.225 e. The highest BCUT2D eigenvalue weighted by molar-refractivity contribution is 5.41. The van der Waals surface area contributed by atoms with Crippen LogP contribution in [-0.4, -0.2) is 47.4 Å². The first kappa shape index (κ1) is 16.5. The molecule has 0 amide bonds. The summed E-state index contributed by atoms with van der Waals surface area (Å²) < 4.78 is 25.0. The molecule has 0 aromatic carbocycles. The van der Waals surface area contributed by atoms with E-state index in [0.717, 1.165) is 18.3 Å². The molecule has 0 bridgehead atoms. The van der Waals surface area contributed by atoms with E-state index in [4.69, 9.17) is 9.47 Å². The first-order chi connectivity index (χ1) is 11.8. The third-order valence-corrected chi connectivity index (χ3v) is 3.76. The van der Waals surface area contributed by atoms with E-state index in [-0.39, 0.29) is 18.0 Å². The van der Waals surface area contributed by atoms with Gasteiger partial charge in [0, 0.05) is 19.9 Å². The quantitative estimate of drug-likeness (QED) is 0.835. The largest absolute Gasteiger partial charge is 0.379 e. The number of hydrogen-bond acceptors (Lipinski definition) is 7. The van der Waals surface area contributed by atoms with Gasteiger partial charge >= 0.3 is 0 Å². The molecule has 1 aliphatic rings. The van der Waals surface area contributed by atoms with Crippen LogP contribution in [-0.2, 0) is 16.1 Å². The normalized spacial score (nSPS) is 20.6. The molecule has 24 heavy (non-hydrogen) atoms. The van der Waals surface area contributed by atoms with Gasteiger partial charge in [-0.05, 0) is 18.6 Å². The summed E-state index contributed by atoms with van der Waals surface area (Å²) in [6, 6.07) is 5.60. The molecule has 8 heteroatoms. The zero-order valence-corrected chi connectivity index (χ0v) is 13.4. The van der Waals surface area contributed by atoms with Gasteiger partial charge in [-0.25, -0.2) is 9.37 Å². The Morgan fingerprint density at radius 3 is 3.08 bits per heavy atom. The summed E-state index contributed by atoms with van der Waals surface area (Å²) in [5.41, 5.74) is 0.873. The Morgan fingerprint density at radius 1 is 1.38 bits per heavy atom. The molecule has 1 aliphatic heterocycles. The monoisotopic (exact) mass is 333 g/mol. The molecule has 3 rings (SSSR count). The Hall–Kier alpha value is -2.32. The van der Waals surface area contributed by atoms with Crippen molar-refractivity contribution >= 4 is 11.8 Å². The maximum Gasteiger partial charge on any atom is 0.225 e. The fraction of sp³-hybridized carbons (Fsp3) is 0.438. The molecule has 0 unspecified atom stereocenters. The highest BCUT2D eigenvalue weighted by Gasteiger charge is 2.27. The first-order valence-electron chi connectivity index (χ1n) is 7.82. The van der Waals surface area contributed by atoms with Crippen molar-refractivity contribution in [1.29, 1.82) is 0 Å². The summed E-state index contributed by atoms with van der Waals surface area (Å²) in [6.45, 7) is 1.54. The molecule has 0 spiro atoms. The summed E-state index contributed by atoms with van der Waals surface area (Å²) in [7, 11) is 1.61. The van der Waals surface area contributed by atoms with E-state index in [9.17, 15) is 4.39 Å². The Bertz CT molecular complexity index is 658. The summed E-state index contributed by atoms with van der Waals surface area (Å²) in [5.74, 6) is -0.0104. The second-order valence-electron chi connectivity index (χ2n) is 5.43. The van der Waals surface area contributed by atoms with Gasteiger partial charge in [0.25, 0.3) is 0 Å². The zero-order valence-electron chi connectivity index (χ0n) is 13.4. The molecule has 0 aliphatic carbocycles. The molecular weight excluding hydrogens is 313 g/mol. The number of hydrogen-bond donors (Lipinski definition) is 2. The van der Waals surface area contributed by atoms with Crippen molar-refractivity contribution in [2.45, 2.75) is 25.2 Å². The van der Waals surface area contributed by atoms with Gasteiger partial charge in [-0.2, -0.15) is 4.98 Å². The van der Waals surface area contributed by atoms with E-state index in [2.05, 4.69) is 25.6 Å². The van der Waals surface area contributed by atoms with Crippen molar-refractivity contribution in [3.05, 3.63) is 42.1 Å². The minimum absolute atomic E-state index is 0.0626. The Kier molecular flexibility index (Phi) is 5.50. The lowest BCUT2D eigenvalue weighted by Gasteiger charge is -2.32. The van der Waals surface area contributed by atoms with E-state index in [1.165, 1.54) is 0 Å². The summed E-state index contributed by atoms with van der Waals surface area (Å²) in [5, 5.41) is 5.86. The van der Waals surface area contributed by atoms with Gasteiger partial charge in [-0.3, -0.25) is 4.98 Å². The molecule has 2 aromatic heterocycles. The predicted octanol–water partition coefficient (Wildman–Crippen LogP) is 1.84. The number of halogens is 1. The van der Waals surface area contributed by atoms with Crippen LogP contribution in [0.15, 0.2) is 30.6 Å². The van der Waals surface area contributed by atoms with Crippen molar-refractivity contribution in [3.63, 3.8) is 0 Å². The average Bonchev–Trinajstić information content (AvgIpc) is 2.63. The topological polar surface area (TPSA) is 81.2 Å². The van der Waals surface area contributed by atoms with E-state index >= 15 is 0 Å². The standard InChI is InChI=1S/C16H20FN5O2/c1-18-15-12(17)8-20-16(22-15)21-13-10-23-7-5-14(13)24-9-11-4-2-3-6-19-11/h2-4,6,8,13-14H,5,7,9-10H2,1H3,(H2,18,20,21,22)/t13-,14-/m1/s1. The van der Waals surface area contributed by atoms with E-state index in [1.54, 1.807) is 13.2 Å². The molecule has 1 fully saturated rings. The number of ether oxygens (including phenoxy) is 2. The van der Waals surface area contributed by atoms with Crippen molar-refractivity contribution in [3.8, 4) is 0 Å². The van der Waals surface area contributed by atoms with Gasteiger partial charge in [0.15, 0.2) is 11.6 Å². The molecule has 1 saturated heterocycles. The number of nitrogens with zero attached hydrogens (tertiary/aromatic N) is 3. The number of anilines is 2. The van der Waals surface area contributed by atoms with E-state index in [0.29, 0.717) is 25.8 Å². The average molecular weight is 333 g/mol. The molecular formula is C16H20FN5O2. The molecule has 3 heterocycles. The minimum atomic E-state index is -0.495. The second-order valence-corrected chi connectivity index (χ2v) is 5.43. The number of pyridine rings is 1. The number of nitrogens with one attached hydrogen (secondary N) is 2. The lowest BCUT2D eigenvalue weighted by atomic mass is 10.1. The van der Waals surface area contributed by atoms with Crippen LogP contribution in [0.2, 0.25) is 0 Å². The summed E-state index contributed by atoms with van der Waals surface area (Å²) >= 11 is 0. The SMILES string of the molecule is CNc1nc(N[C@@H]2COCC[C@H]2OCc2ccccn2)ncc1F. The molecule has 2 aromatic rings.